The zero-order valence-electron chi connectivity index (χ0n) is 7.85. The molecule has 1 nitrogen and oxygen atoms in total. The van der Waals surface area contributed by atoms with Crippen LogP contribution in [0.2, 0.25) is 0 Å². The molecule has 68 valence electrons. The van der Waals surface area contributed by atoms with Crippen molar-refractivity contribution in [2.24, 2.45) is 10.9 Å². The molecule has 1 heteroatoms. The highest BCUT2D eigenvalue weighted by Crippen LogP contribution is 2.30. The van der Waals surface area contributed by atoms with Crippen LogP contribution in [0.3, 0.4) is 0 Å². The number of benzene rings is 1. The Bertz CT molecular complexity index is 452. The van der Waals surface area contributed by atoms with Gasteiger partial charge in [0.25, 0.3) is 0 Å². The average molecular weight is 181 g/mol. The molecule has 1 aromatic carbocycles. The summed E-state index contributed by atoms with van der Waals surface area (Å²) in [6.45, 7) is 0. The first-order chi connectivity index (χ1) is 6.93. The maximum absolute atomic E-state index is 4.65. The molecule has 0 aromatic heterocycles. The van der Waals surface area contributed by atoms with Crippen LogP contribution in [0.15, 0.2) is 53.6 Å². The molecule has 0 bridgehead atoms. The lowest BCUT2D eigenvalue weighted by atomic mass is 9.88. The Hall–Kier alpha value is -1.63. The fraction of sp³-hybridized carbons (Fsp3) is 0.154. The fourth-order valence-corrected chi connectivity index (χ4v) is 2.04. The van der Waals surface area contributed by atoms with E-state index in [1.165, 1.54) is 11.3 Å². The molecule has 0 radical (unpaired) electrons. The highest BCUT2D eigenvalue weighted by Gasteiger charge is 2.19. The third-order valence-corrected chi connectivity index (χ3v) is 2.78. The summed E-state index contributed by atoms with van der Waals surface area (Å²) in [5.74, 6) is 0.495. The molecule has 0 fully saturated rings. The summed E-state index contributed by atoms with van der Waals surface area (Å²) in [6.07, 6.45) is 9.60. The van der Waals surface area contributed by atoms with Crippen LogP contribution in [0, 0.1) is 5.92 Å². The normalized spacial score (nSPS) is 22.6. The first-order valence-electron chi connectivity index (χ1n) is 4.95. The van der Waals surface area contributed by atoms with Gasteiger partial charge in [-0.2, -0.15) is 0 Å². The Kier molecular flexibility index (Phi) is 1.63. The fourth-order valence-electron chi connectivity index (χ4n) is 2.04. The first kappa shape index (κ1) is 7.74. The van der Waals surface area contributed by atoms with Gasteiger partial charge in [0.05, 0.1) is 5.69 Å². The Morgan fingerprint density at radius 2 is 2.07 bits per heavy atom. The molecule has 2 aliphatic rings. The predicted octanol–water partition coefficient (Wildman–Crippen LogP) is 3.06. The van der Waals surface area contributed by atoms with Crippen LogP contribution in [-0.2, 0) is 6.42 Å². The minimum atomic E-state index is 0.495. The Labute approximate surface area is 83.5 Å². The molecule has 0 saturated heterocycles. The van der Waals surface area contributed by atoms with Gasteiger partial charge < -0.3 is 0 Å². The van der Waals surface area contributed by atoms with E-state index in [4.69, 9.17) is 0 Å². The SMILES string of the molecule is C1=CC2=Nc3ccccc3CC2C=C1. The van der Waals surface area contributed by atoms with Crippen molar-refractivity contribution < 1.29 is 0 Å². The van der Waals surface area contributed by atoms with E-state index in [0.29, 0.717) is 5.92 Å². The van der Waals surface area contributed by atoms with Gasteiger partial charge in [-0.1, -0.05) is 36.4 Å². The first-order valence-corrected chi connectivity index (χ1v) is 4.95. The standard InChI is InChI=1S/C13H11N/c1-3-7-12-10(5-1)9-11-6-2-4-8-13(11)14-12/h1-8,10H,9H2. The van der Waals surface area contributed by atoms with Crippen LogP contribution in [-0.4, -0.2) is 5.71 Å². The Morgan fingerprint density at radius 1 is 1.14 bits per heavy atom. The van der Waals surface area contributed by atoms with Crippen molar-refractivity contribution in [2.45, 2.75) is 6.42 Å². The third-order valence-electron chi connectivity index (χ3n) is 2.78. The highest BCUT2D eigenvalue weighted by atomic mass is 14.8. The van der Waals surface area contributed by atoms with E-state index in [0.717, 1.165) is 12.1 Å². The molecule has 0 N–H and O–H groups in total. The van der Waals surface area contributed by atoms with Crippen molar-refractivity contribution in [2.75, 3.05) is 0 Å². The highest BCUT2D eigenvalue weighted by molar-refractivity contribution is 6.02. The van der Waals surface area contributed by atoms with Crippen molar-refractivity contribution in [3.05, 3.63) is 54.1 Å². The summed E-state index contributed by atoms with van der Waals surface area (Å²) in [5.41, 5.74) is 3.70. The van der Waals surface area contributed by atoms with E-state index in [9.17, 15) is 0 Å². The van der Waals surface area contributed by atoms with Gasteiger partial charge >= 0.3 is 0 Å². The molecular formula is C13H11N. The molecule has 1 heterocycles. The zero-order valence-corrected chi connectivity index (χ0v) is 7.85. The van der Waals surface area contributed by atoms with Crippen LogP contribution in [0.5, 0.6) is 0 Å². The summed E-state index contributed by atoms with van der Waals surface area (Å²) >= 11 is 0. The van der Waals surface area contributed by atoms with E-state index in [1.54, 1.807) is 0 Å². The average Bonchev–Trinajstić information content (AvgIpc) is 2.26. The van der Waals surface area contributed by atoms with Gasteiger partial charge in [-0.05, 0) is 24.1 Å². The largest absolute Gasteiger partial charge is 0.253 e. The lowest BCUT2D eigenvalue weighted by molar-refractivity contribution is 0.832. The molecule has 1 aromatic rings. The van der Waals surface area contributed by atoms with Gasteiger partial charge in [-0.15, -0.1) is 0 Å². The number of rotatable bonds is 0. The molecule has 0 amide bonds. The number of hydrogen-bond acceptors (Lipinski definition) is 1. The van der Waals surface area contributed by atoms with Crippen LogP contribution in [0.25, 0.3) is 0 Å². The predicted molar refractivity (Wildman–Crippen MR) is 59.0 cm³/mol. The van der Waals surface area contributed by atoms with E-state index in [2.05, 4.69) is 47.5 Å². The molecule has 1 aliphatic heterocycles. The minimum Gasteiger partial charge on any atom is -0.253 e. The van der Waals surface area contributed by atoms with Crippen molar-refractivity contribution in [1.29, 1.82) is 0 Å². The molecule has 1 atom stereocenters. The molecule has 0 saturated carbocycles. The summed E-state index contributed by atoms with van der Waals surface area (Å²) in [7, 11) is 0. The number of hydrogen-bond donors (Lipinski definition) is 0. The molecule has 14 heavy (non-hydrogen) atoms. The second-order valence-electron chi connectivity index (χ2n) is 3.72. The van der Waals surface area contributed by atoms with E-state index in [-0.39, 0.29) is 0 Å². The van der Waals surface area contributed by atoms with E-state index in [1.807, 2.05) is 6.07 Å². The van der Waals surface area contributed by atoms with Crippen LogP contribution in [0.4, 0.5) is 5.69 Å². The van der Waals surface area contributed by atoms with Crippen molar-refractivity contribution in [3.63, 3.8) is 0 Å². The van der Waals surface area contributed by atoms with Crippen molar-refractivity contribution in [3.8, 4) is 0 Å². The maximum atomic E-state index is 4.65. The molecule has 1 aliphatic carbocycles. The number of aliphatic imine (C=N–C) groups is 1. The topological polar surface area (TPSA) is 12.4 Å². The molecular weight excluding hydrogens is 170 g/mol. The zero-order chi connectivity index (χ0) is 9.38. The smallest absolute Gasteiger partial charge is 0.0665 e. The lowest BCUT2D eigenvalue weighted by Gasteiger charge is -2.22. The van der Waals surface area contributed by atoms with Gasteiger partial charge in [0, 0.05) is 11.6 Å². The van der Waals surface area contributed by atoms with Gasteiger partial charge in [-0.3, -0.25) is 4.99 Å². The quantitative estimate of drug-likeness (QED) is 0.583. The lowest BCUT2D eigenvalue weighted by Crippen LogP contribution is -2.18. The van der Waals surface area contributed by atoms with Gasteiger partial charge in [0.2, 0.25) is 0 Å². The maximum Gasteiger partial charge on any atom is 0.0665 e. The summed E-state index contributed by atoms with van der Waals surface area (Å²) < 4.78 is 0. The summed E-state index contributed by atoms with van der Waals surface area (Å²) in [6, 6.07) is 8.39. The van der Waals surface area contributed by atoms with Crippen molar-refractivity contribution in [1.82, 2.24) is 0 Å². The van der Waals surface area contributed by atoms with E-state index >= 15 is 0 Å². The minimum absolute atomic E-state index is 0.495. The number of fused-ring (bicyclic) bond motifs is 2. The third kappa shape index (κ3) is 1.13. The van der Waals surface area contributed by atoms with Crippen LogP contribution < -0.4 is 0 Å². The Morgan fingerprint density at radius 3 is 3.07 bits per heavy atom. The number of para-hydroxylation sites is 1. The van der Waals surface area contributed by atoms with Gasteiger partial charge in [0.15, 0.2) is 0 Å². The second-order valence-corrected chi connectivity index (χ2v) is 3.72. The molecule has 3 rings (SSSR count). The van der Waals surface area contributed by atoms with Crippen LogP contribution >= 0.6 is 0 Å². The summed E-state index contributed by atoms with van der Waals surface area (Å²) in [4.78, 5) is 4.65. The monoisotopic (exact) mass is 181 g/mol. The van der Waals surface area contributed by atoms with Crippen LogP contribution in [0.1, 0.15) is 5.56 Å². The van der Waals surface area contributed by atoms with Crippen molar-refractivity contribution >= 4 is 11.4 Å². The molecule has 1 unspecified atom stereocenters. The second kappa shape index (κ2) is 2.95. The van der Waals surface area contributed by atoms with Gasteiger partial charge in [0.1, 0.15) is 0 Å². The van der Waals surface area contributed by atoms with E-state index < -0.39 is 0 Å². The number of nitrogens with zero attached hydrogens (tertiary/aromatic N) is 1. The summed E-state index contributed by atoms with van der Waals surface area (Å²) in [5, 5.41) is 0. The number of allylic oxidation sites excluding steroid dienone is 4. The molecule has 0 spiro atoms. The van der Waals surface area contributed by atoms with Gasteiger partial charge in [-0.25, -0.2) is 0 Å². The Balaban J connectivity index is 2.13.